The van der Waals surface area contributed by atoms with E-state index in [9.17, 15) is 9.59 Å². The van der Waals surface area contributed by atoms with E-state index in [1.807, 2.05) is 4.90 Å². The van der Waals surface area contributed by atoms with E-state index in [1.54, 1.807) is 36.8 Å². The summed E-state index contributed by atoms with van der Waals surface area (Å²) in [7, 11) is 1.58. The minimum atomic E-state index is -0.261. The van der Waals surface area contributed by atoms with Crippen LogP contribution in [0, 0.1) is 5.92 Å². The highest BCUT2D eigenvalue weighted by molar-refractivity contribution is 7.14. The van der Waals surface area contributed by atoms with Crippen LogP contribution in [-0.2, 0) is 0 Å². The van der Waals surface area contributed by atoms with Crippen molar-refractivity contribution in [3.63, 3.8) is 0 Å². The third-order valence-electron chi connectivity index (χ3n) is 4.37. The lowest BCUT2D eigenvalue weighted by atomic mass is 9.99. The molecule has 0 spiro atoms. The van der Waals surface area contributed by atoms with Gasteiger partial charge in [-0.15, -0.1) is 11.3 Å². The van der Waals surface area contributed by atoms with E-state index < -0.39 is 0 Å². The second kappa shape index (κ2) is 7.65. The first kappa shape index (κ1) is 17.4. The summed E-state index contributed by atoms with van der Waals surface area (Å²) in [5.74, 6) is 1.03. The van der Waals surface area contributed by atoms with Crippen LogP contribution >= 0.6 is 11.3 Å². The van der Waals surface area contributed by atoms with Crippen LogP contribution in [0.15, 0.2) is 29.6 Å². The number of hydrogen-bond donors (Lipinski definition) is 1. The molecule has 0 radical (unpaired) electrons. The fourth-order valence-corrected chi connectivity index (χ4v) is 3.39. The number of hydrogen-bond acceptors (Lipinski definition) is 5. The van der Waals surface area contributed by atoms with E-state index >= 15 is 0 Å². The molecule has 132 valence electrons. The fourth-order valence-electron chi connectivity index (χ4n) is 2.71. The molecule has 2 heterocycles. The lowest BCUT2D eigenvalue weighted by Crippen LogP contribution is -2.38. The van der Waals surface area contributed by atoms with Gasteiger partial charge in [0.05, 0.1) is 7.11 Å². The molecule has 1 aliphatic heterocycles. The number of nitrogens with zero attached hydrogens (tertiary/aromatic N) is 2. The number of piperidine rings is 1. The highest BCUT2D eigenvalue weighted by Gasteiger charge is 2.23. The molecule has 2 amide bonds. The number of carbonyl (C=O) groups excluding carboxylic acids is 2. The molecule has 1 N–H and O–H groups in total. The molecule has 6 nitrogen and oxygen atoms in total. The highest BCUT2D eigenvalue weighted by Crippen LogP contribution is 2.22. The predicted octanol–water partition coefficient (Wildman–Crippen LogP) is 3.28. The van der Waals surface area contributed by atoms with Crippen molar-refractivity contribution in [2.75, 3.05) is 25.5 Å². The maximum atomic E-state index is 12.5. The Morgan fingerprint density at radius 3 is 2.56 bits per heavy atom. The Kier molecular flexibility index (Phi) is 5.33. The van der Waals surface area contributed by atoms with Crippen molar-refractivity contribution < 1.29 is 14.3 Å². The van der Waals surface area contributed by atoms with Gasteiger partial charge in [-0.2, -0.15) is 0 Å². The number of methoxy groups -OCH3 is 1. The molecule has 1 fully saturated rings. The molecule has 0 unspecified atom stereocenters. The van der Waals surface area contributed by atoms with E-state index in [4.69, 9.17) is 4.74 Å². The average molecular weight is 359 g/mol. The molecule has 0 atom stereocenters. The SMILES string of the molecule is COc1ccc(C(=O)Nc2nc(C(=O)N3CCC(C)CC3)cs2)cc1. The number of carbonyl (C=O) groups is 2. The van der Waals surface area contributed by atoms with E-state index in [0.29, 0.717) is 28.1 Å². The number of thiazole rings is 1. The largest absolute Gasteiger partial charge is 0.497 e. The molecule has 1 aromatic heterocycles. The number of likely N-dealkylation sites (tertiary alicyclic amines) is 1. The van der Waals surface area contributed by atoms with E-state index in [-0.39, 0.29) is 11.8 Å². The summed E-state index contributed by atoms with van der Waals surface area (Å²) in [4.78, 5) is 30.9. The molecule has 2 aromatic rings. The summed E-state index contributed by atoms with van der Waals surface area (Å²) in [5, 5.41) is 4.86. The minimum Gasteiger partial charge on any atom is -0.497 e. The van der Waals surface area contributed by atoms with Gasteiger partial charge in [0.15, 0.2) is 5.13 Å². The van der Waals surface area contributed by atoms with Gasteiger partial charge in [-0.1, -0.05) is 6.92 Å². The van der Waals surface area contributed by atoms with E-state index in [1.165, 1.54) is 11.3 Å². The minimum absolute atomic E-state index is 0.0619. The molecule has 0 aliphatic carbocycles. The quantitative estimate of drug-likeness (QED) is 0.909. The fraction of sp³-hybridized carbons (Fsp3) is 0.389. The van der Waals surface area contributed by atoms with Crippen LogP contribution in [0.1, 0.15) is 40.6 Å². The molecule has 0 saturated carbocycles. The van der Waals surface area contributed by atoms with Gasteiger partial charge in [-0.3, -0.25) is 14.9 Å². The van der Waals surface area contributed by atoms with Gasteiger partial charge in [-0.05, 0) is 43.0 Å². The Balaban J connectivity index is 1.62. The maximum Gasteiger partial charge on any atom is 0.273 e. The van der Waals surface area contributed by atoms with Crippen molar-refractivity contribution in [1.82, 2.24) is 9.88 Å². The monoisotopic (exact) mass is 359 g/mol. The second-order valence-corrected chi connectivity index (χ2v) is 7.05. The number of aromatic nitrogens is 1. The molecule has 1 aromatic carbocycles. The number of anilines is 1. The summed E-state index contributed by atoms with van der Waals surface area (Å²) in [5.41, 5.74) is 0.901. The van der Waals surface area contributed by atoms with Gasteiger partial charge in [0.1, 0.15) is 11.4 Å². The molecule has 25 heavy (non-hydrogen) atoms. The second-order valence-electron chi connectivity index (χ2n) is 6.20. The van der Waals surface area contributed by atoms with Crippen LogP contribution in [0.25, 0.3) is 0 Å². The lowest BCUT2D eigenvalue weighted by molar-refractivity contribution is 0.0692. The number of rotatable bonds is 4. The molecular formula is C18H21N3O3S. The number of ether oxygens (including phenoxy) is 1. The van der Waals surface area contributed by atoms with Crippen molar-refractivity contribution in [1.29, 1.82) is 0 Å². The zero-order valence-corrected chi connectivity index (χ0v) is 15.1. The Morgan fingerprint density at radius 2 is 1.92 bits per heavy atom. The third-order valence-corrected chi connectivity index (χ3v) is 5.12. The summed E-state index contributed by atoms with van der Waals surface area (Å²) >= 11 is 1.26. The average Bonchev–Trinajstić information content (AvgIpc) is 3.10. The van der Waals surface area contributed by atoms with Crippen LogP contribution in [0.4, 0.5) is 5.13 Å². The topological polar surface area (TPSA) is 71.5 Å². The van der Waals surface area contributed by atoms with Crippen molar-refractivity contribution >= 4 is 28.3 Å². The van der Waals surface area contributed by atoms with Crippen LogP contribution < -0.4 is 10.1 Å². The first-order valence-corrected chi connectivity index (χ1v) is 9.15. The van der Waals surface area contributed by atoms with Gasteiger partial charge in [0.25, 0.3) is 11.8 Å². The summed E-state index contributed by atoms with van der Waals surface area (Å²) in [6.07, 6.45) is 2.05. The van der Waals surface area contributed by atoms with Crippen LogP contribution in [0.2, 0.25) is 0 Å². The molecule has 1 saturated heterocycles. The standard InChI is InChI=1S/C18H21N3O3S/c1-12-7-9-21(10-8-12)17(23)15-11-25-18(19-15)20-16(22)13-3-5-14(24-2)6-4-13/h3-6,11-12H,7-10H2,1-2H3,(H,19,20,22). The van der Waals surface area contributed by atoms with Crippen molar-refractivity contribution in [3.05, 3.63) is 40.9 Å². The zero-order valence-electron chi connectivity index (χ0n) is 14.3. The van der Waals surface area contributed by atoms with Gasteiger partial charge in [0, 0.05) is 24.0 Å². The highest BCUT2D eigenvalue weighted by atomic mass is 32.1. The van der Waals surface area contributed by atoms with Crippen molar-refractivity contribution in [2.45, 2.75) is 19.8 Å². The van der Waals surface area contributed by atoms with E-state index in [2.05, 4.69) is 17.2 Å². The zero-order chi connectivity index (χ0) is 17.8. The first-order valence-electron chi connectivity index (χ1n) is 8.27. The van der Waals surface area contributed by atoms with Crippen molar-refractivity contribution in [3.8, 4) is 5.75 Å². The van der Waals surface area contributed by atoms with E-state index in [0.717, 1.165) is 25.9 Å². The van der Waals surface area contributed by atoms with Crippen LogP contribution in [0.3, 0.4) is 0 Å². The summed E-state index contributed by atoms with van der Waals surface area (Å²) in [6, 6.07) is 6.82. The Hall–Kier alpha value is -2.41. The molecular weight excluding hydrogens is 338 g/mol. The van der Waals surface area contributed by atoms with Gasteiger partial charge >= 0.3 is 0 Å². The molecule has 0 bridgehead atoms. The lowest BCUT2D eigenvalue weighted by Gasteiger charge is -2.29. The molecule has 3 rings (SSSR count). The first-order chi connectivity index (χ1) is 12.1. The molecule has 1 aliphatic rings. The Bertz CT molecular complexity index is 749. The van der Waals surface area contributed by atoms with Crippen LogP contribution in [-0.4, -0.2) is 41.9 Å². The maximum absolute atomic E-state index is 12.5. The summed E-state index contributed by atoms with van der Waals surface area (Å²) in [6.45, 7) is 3.74. The number of nitrogens with one attached hydrogen (secondary N) is 1. The Labute approximate surface area is 150 Å². The van der Waals surface area contributed by atoms with Gasteiger partial charge in [-0.25, -0.2) is 4.98 Å². The predicted molar refractivity (Wildman–Crippen MR) is 97.4 cm³/mol. The third kappa shape index (κ3) is 4.17. The van der Waals surface area contributed by atoms with Gasteiger partial charge < -0.3 is 9.64 Å². The normalized spacial score (nSPS) is 15.0. The number of amides is 2. The van der Waals surface area contributed by atoms with Crippen molar-refractivity contribution in [2.24, 2.45) is 5.92 Å². The number of benzene rings is 1. The van der Waals surface area contributed by atoms with Gasteiger partial charge in [0.2, 0.25) is 0 Å². The Morgan fingerprint density at radius 1 is 1.24 bits per heavy atom. The smallest absolute Gasteiger partial charge is 0.273 e. The molecule has 7 heteroatoms. The van der Waals surface area contributed by atoms with Crippen LogP contribution in [0.5, 0.6) is 5.75 Å². The summed E-state index contributed by atoms with van der Waals surface area (Å²) < 4.78 is 5.08.